The Morgan fingerprint density at radius 1 is 1.53 bits per heavy atom. The van der Waals surface area contributed by atoms with E-state index in [2.05, 4.69) is 4.99 Å². The topological polar surface area (TPSA) is 71.4 Å². The molecule has 0 aromatic heterocycles. The smallest absolute Gasteiger partial charge is 0.218 e. The Morgan fingerprint density at radius 2 is 2.33 bits per heavy atom. The Kier molecular flexibility index (Phi) is 2.48. The zero-order chi connectivity index (χ0) is 10.8. The number of nitrogens with two attached hydrogens (primary N) is 1. The van der Waals surface area contributed by atoms with Crippen LogP contribution in [0.25, 0.3) is 0 Å². The van der Waals surface area contributed by atoms with E-state index in [-0.39, 0.29) is 0 Å². The Balaban J connectivity index is 2.55. The monoisotopic (exact) mass is 221 g/mol. The molecule has 0 atom stereocenters. The summed E-state index contributed by atoms with van der Waals surface area (Å²) in [5, 5.41) is 9.14. The minimum atomic E-state index is 0.349. The predicted octanol–water partition coefficient (Wildman–Crippen LogP) is 1.57. The minimum absolute atomic E-state index is 0.349. The van der Waals surface area contributed by atoms with Crippen LogP contribution in [0.15, 0.2) is 17.1 Å². The zero-order valence-electron chi connectivity index (χ0n) is 7.83. The second-order valence-electron chi connectivity index (χ2n) is 3.07. The molecule has 2 rings (SSSR count). The summed E-state index contributed by atoms with van der Waals surface area (Å²) in [6, 6.07) is 5.16. The summed E-state index contributed by atoms with van der Waals surface area (Å²) >= 11 is 5.89. The lowest BCUT2D eigenvalue weighted by Gasteiger charge is -2.07. The fraction of sp³-hybridized carbons (Fsp3) is 0.200. The predicted molar refractivity (Wildman–Crippen MR) is 57.9 cm³/mol. The van der Waals surface area contributed by atoms with Crippen molar-refractivity contribution in [3.8, 4) is 6.07 Å². The van der Waals surface area contributed by atoms with Gasteiger partial charge in [0.2, 0.25) is 5.90 Å². The first kappa shape index (κ1) is 9.81. The molecule has 1 aliphatic heterocycles. The SMILES string of the molecule is N#Cc1cc(Cl)c(N)c(C2=NCCO2)c1. The molecular weight excluding hydrogens is 214 g/mol. The maximum atomic E-state index is 8.79. The van der Waals surface area contributed by atoms with Crippen molar-refractivity contribution in [2.24, 2.45) is 4.99 Å². The molecule has 1 aliphatic rings. The summed E-state index contributed by atoms with van der Waals surface area (Å²) in [7, 11) is 0. The van der Waals surface area contributed by atoms with Crippen LogP contribution in [0, 0.1) is 11.3 Å². The van der Waals surface area contributed by atoms with Gasteiger partial charge in [0.1, 0.15) is 6.61 Å². The van der Waals surface area contributed by atoms with Crippen LogP contribution >= 0.6 is 11.6 Å². The van der Waals surface area contributed by atoms with Crippen molar-refractivity contribution >= 4 is 23.2 Å². The van der Waals surface area contributed by atoms with Crippen LogP contribution in [0.4, 0.5) is 5.69 Å². The van der Waals surface area contributed by atoms with E-state index in [1.54, 1.807) is 6.07 Å². The lowest BCUT2D eigenvalue weighted by atomic mass is 10.1. The van der Waals surface area contributed by atoms with Gasteiger partial charge in [-0.05, 0) is 12.1 Å². The average Bonchev–Trinajstić information content (AvgIpc) is 2.75. The van der Waals surface area contributed by atoms with Gasteiger partial charge in [0.25, 0.3) is 0 Å². The van der Waals surface area contributed by atoms with Crippen molar-refractivity contribution in [3.63, 3.8) is 0 Å². The van der Waals surface area contributed by atoms with Crippen molar-refractivity contribution in [2.45, 2.75) is 0 Å². The van der Waals surface area contributed by atoms with E-state index in [1.807, 2.05) is 6.07 Å². The molecule has 15 heavy (non-hydrogen) atoms. The third-order valence-electron chi connectivity index (χ3n) is 2.07. The number of hydrogen-bond acceptors (Lipinski definition) is 4. The Morgan fingerprint density at radius 3 is 2.93 bits per heavy atom. The molecule has 0 bridgehead atoms. The van der Waals surface area contributed by atoms with Crippen LogP contribution in [-0.2, 0) is 4.74 Å². The standard InChI is InChI=1S/C10H8ClN3O/c11-8-4-6(5-12)3-7(9(8)13)10-14-1-2-15-10/h3-4H,1-2,13H2. The lowest BCUT2D eigenvalue weighted by molar-refractivity contribution is 0.348. The van der Waals surface area contributed by atoms with E-state index >= 15 is 0 Å². The summed E-state index contributed by atoms with van der Waals surface area (Å²) < 4.78 is 5.28. The highest BCUT2D eigenvalue weighted by molar-refractivity contribution is 6.34. The number of aliphatic imine (C=N–C) groups is 1. The van der Waals surface area contributed by atoms with Crippen LogP contribution in [0.3, 0.4) is 0 Å². The molecule has 0 aliphatic carbocycles. The number of rotatable bonds is 1. The highest BCUT2D eigenvalue weighted by Gasteiger charge is 2.16. The third kappa shape index (κ3) is 1.74. The molecule has 76 valence electrons. The van der Waals surface area contributed by atoms with Crippen molar-refractivity contribution < 1.29 is 4.74 Å². The first-order chi connectivity index (χ1) is 7.22. The van der Waals surface area contributed by atoms with Gasteiger partial charge in [-0.25, -0.2) is 4.99 Å². The number of hydrogen-bond donors (Lipinski definition) is 1. The molecule has 1 heterocycles. The first-order valence-electron chi connectivity index (χ1n) is 4.39. The molecule has 0 spiro atoms. The van der Waals surface area contributed by atoms with Gasteiger partial charge in [-0.15, -0.1) is 0 Å². The molecule has 0 unspecified atom stereocenters. The minimum Gasteiger partial charge on any atom is -0.475 e. The number of benzene rings is 1. The van der Waals surface area contributed by atoms with Gasteiger partial charge in [-0.1, -0.05) is 11.6 Å². The quantitative estimate of drug-likeness (QED) is 0.732. The molecule has 2 N–H and O–H groups in total. The summed E-state index contributed by atoms with van der Waals surface area (Å²) in [4.78, 5) is 4.13. The number of nitrogens with zero attached hydrogens (tertiary/aromatic N) is 2. The van der Waals surface area contributed by atoms with Gasteiger partial charge in [0.05, 0.1) is 34.5 Å². The Labute approximate surface area is 91.9 Å². The molecule has 0 saturated heterocycles. The fourth-order valence-corrected chi connectivity index (χ4v) is 1.58. The first-order valence-corrected chi connectivity index (χ1v) is 4.77. The highest BCUT2D eigenvalue weighted by Crippen LogP contribution is 2.26. The van der Waals surface area contributed by atoms with E-state index in [9.17, 15) is 0 Å². The molecule has 5 heteroatoms. The van der Waals surface area contributed by atoms with E-state index in [0.29, 0.717) is 40.9 Å². The summed E-state index contributed by atoms with van der Waals surface area (Å²) in [6.45, 7) is 1.16. The summed E-state index contributed by atoms with van der Waals surface area (Å²) in [5.74, 6) is 0.464. The van der Waals surface area contributed by atoms with Crippen LogP contribution in [0.5, 0.6) is 0 Å². The molecule has 0 saturated carbocycles. The third-order valence-corrected chi connectivity index (χ3v) is 2.39. The molecule has 1 aromatic carbocycles. The van der Waals surface area contributed by atoms with E-state index < -0.39 is 0 Å². The largest absolute Gasteiger partial charge is 0.475 e. The molecule has 0 amide bonds. The van der Waals surface area contributed by atoms with Crippen LogP contribution < -0.4 is 5.73 Å². The van der Waals surface area contributed by atoms with Crippen molar-refractivity contribution in [3.05, 3.63) is 28.3 Å². The second-order valence-corrected chi connectivity index (χ2v) is 3.47. The number of halogens is 1. The van der Waals surface area contributed by atoms with Crippen LogP contribution in [0.1, 0.15) is 11.1 Å². The normalized spacial score (nSPS) is 14.3. The maximum absolute atomic E-state index is 8.79. The molecule has 4 nitrogen and oxygen atoms in total. The van der Waals surface area contributed by atoms with Gasteiger partial charge < -0.3 is 10.5 Å². The zero-order valence-corrected chi connectivity index (χ0v) is 8.58. The van der Waals surface area contributed by atoms with Gasteiger partial charge in [-0.2, -0.15) is 5.26 Å². The second kappa shape index (κ2) is 3.79. The molecule has 0 fully saturated rings. The maximum Gasteiger partial charge on any atom is 0.218 e. The van der Waals surface area contributed by atoms with Crippen molar-refractivity contribution in [1.29, 1.82) is 5.26 Å². The van der Waals surface area contributed by atoms with Gasteiger partial charge in [-0.3, -0.25) is 0 Å². The molecule has 0 radical (unpaired) electrons. The van der Waals surface area contributed by atoms with Crippen LogP contribution in [-0.4, -0.2) is 19.0 Å². The van der Waals surface area contributed by atoms with E-state index in [1.165, 1.54) is 6.07 Å². The van der Waals surface area contributed by atoms with Crippen molar-refractivity contribution in [1.82, 2.24) is 0 Å². The average molecular weight is 222 g/mol. The lowest BCUT2D eigenvalue weighted by Crippen LogP contribution is -2.06. The number of ether oxygens (including phenoxy) is 1. The number of nitrogen functional groups attached to an aromatic ring is 1. The van der Waals surface area contributed by atoms with E-state index in [4.69, 9.17) is 27.3 Å². The molecular formula is C10H8ClN3O. The van der Waals surface area contributed by atoms with E-state index in [0.717, 1.165) is 0 Å². The number of nitriles is 1. The van der Waals surface area contributed by atoms with Crippen molar-refractivity contribution in [2.75, 3.05) is 18.9 Å². The Bertz CT molecular complexity index is 476. The highest BCUT2D eigenvalue weighted by atomic mass is 35.5. The van der Waals surface area contributed by atoms with Gasteiger partial charge >= 0.3 is 0 Å². The van der Waals surface area contributed by atoms with Crippen LogP contribution in [0.2, 0.25) is 5.02 Å². The van der Waals surface area contributed by atoms with Gasteiger partial charge in [0, 0.05) is 0 Å². The molecule has 1 aromatic rings. The summed E-state index contributed by atoms with van der Waals surface area (Å²) in [5.41, 5.74) is 7.22. The van der Waals surface area contributed by atoms with Gasteiger partial charge in [0.15, 0.2) is 0 Å². The summed E-state index contributed by atoms with van der Waals surface area (Å²) in [6.07, 6.45) is 0. The number of anilines is 1. The Hall–Kier alpha value is -1.73. The fourth-order valence-electron chi connectivity index (χ4n) is 1.36.